The summed E-state index contributed by atoms with van der Waals surface area (Å²) in [6.07, 6.45) is 3.78. The number of aromatic nitrogens is 4. The van der Waals surface area contributed by atoms with Gasteiger partial charge >= 0.3 is 0 Å². The molecule has 1 fully saturated rings. The van der Waals surface area contributed by atoms with E-state index in [1.807, 2.05) is 37.5 Å². The van der Waals surface area contributed by atoms with Gasteiger partial charge in [-0.15, -0.1) is 0 Å². The Kier molecular flexibility index (Phi) is 5.40. The van der Waals surface area contributed by atoms with Crippen LogP contribution in [0.2, 0.25) is 0 Å². The molecule has 0 saturated carbocycles. The number of nitrogens with two attached hydrogens (primary N) is 1. The molecule has 1 saturated heterocycles. The largest absolute Gasteiger partial charge is 0.478 e. The topological polar surface area (TPSA) is 106 Å². The van der Waals surface area contributed by atoms with Crippen LogP contribution in [-0.4, -0.2) is 46.0 Å². The first-order valence-corrected chi connectivity index (χ1v) is 11.0. The first-order chi connectivity index (χ1) is 16.1. The van der Waals surface area contributed by atoms with Crippen molar-refractivity contribution in [2.45, 2.75) is 18.9 Å². The molecule has 0 aliphatic carbocycles. The van der Waals surface area contributed by atoms with Crippen molar-refractivity contribution >= 4 is 16.7 Å². The Bertz CT molecular complexity index is 1350. The molecule has 3 heterocycles. The fraction of sp³-hybridized carbons (Fsp3) is 0.280. The van der Waals surface area contributed by atoms with Gasteiger partial charge in [0.15, 0.2) is 5.82 Å². The molecule has 2 N–H and O–H groups in total. The molecule has 0 atom stereocenters. The van der Waals surface area contributed by atoms with Gasteiger partial charge < -0.3 is 15.4 Å². The van der Waals surface area contributed by atoms with Crippen molar-refractivity contribution < 1.29 is 4.74 Å². The standard InChI is InChI=1S/C25H25N7O/c1-31-15-19-13-18(7-8-21(19)30-31)23-22(17-5-3-16(14-26)4-6-17)28-24(25(29-23)33-2)32-11-9-20(27)10-12-32/h3-8,13,15,20H,9-12,27H2,1-2H3. The first-order valence-electron chi connectivity index (χ1n) is 11.0. The lowest BCUT2D eigenvalue weighted by molar-refractivity contribution is 0.392. The van der Waals surface area contributed by atoms with Crippen LogP contribution in [0, 0.1) is 11.3 Å². The maximum Gasteiger partial charge on any atom is 0.258 e. The maximum atomic E-state index is 9.22. The zero-order chi connectivity index (χ0) is 22.9. The summed E-state index contributed by atoms with van der Waals surface area (Å²) in [7, 11) is 3.53. The van der Waals surface area contributed by atoms with Gasteiger partial charge in [0.1, 0.15) is 5.69 Å². The molecule has 33 heavy (non-hydrogen) atoms. The van der Waals surface area contributed by atoms with Crippen molar-refractivity contribution in [3.63, 3.8) is 0 Å². The Labute approximate surface area is 192 Å². The quantitative estimate of drug-likeness (QED) is 0.519. The third-order valence-corrected chi connectivity index (χ3v) is 6.06. The number of anilines is 1. The van der Waals surface area contributed by atoms with E-state index in [0.717, 1.165) is 65.2 Å². The zero-order valence-electron chi connectivity index (χ0n) is 18.7. The Morgan fingerprint density at radius 3 is 2.42 bits per heavy atom. The van der Waals surface area contributed by atoms with Gasteiger partial charge in [0.05, 0.1) is 30.0 Å². The molecule has 0 unspecified atom stereocenters. The van der Waals surface area contributed by atoms with Gasteiger partial charge in [0, 0.05) is 48.9 Å². The van der Waals surface area contributed by atoms with Crippen LogP contribution in [0.5, 0.6) is 5.88 Å². The van der Waals surface area contributed by atoms with E-state index in [-0.39, 0.29) is 6.04 Å². The summed E-state index contributed by atoms with van der Waals surface area (Å²) in [5.41, 5.74) is 10.9. The summed E-state index contributed by atoms with van der Waals surface area (Å²) < 4.78 is 7.50. The van der Waals surface area contributed by atoms with E-state index in [4.69, 9.17) is 20.4 Å². The number of aryl methyl sites for hydroxylation is 1. The SMILES string of the molecule is COc1nc(-c2ccc3nn(C)cc3c2)c(-c2ccc(C#N)cc2)nc1N1CCC(N)CC1. The Morgan fingerprint density at radius 2 is 1.73 bits per heavy atom. The number of hydrogen-bond acceptors (Lipinski definition) is 7. The number of methoxy groups -OCH3 is 1. The summed E-state index contributed by atoms with van der Waals surface area (Å²) in [5.74, 6) is 1.21. The highest BCUT2D eigenvalue weighted by Gasteiger charge is 2.25. The molecule has 0 radical (unpaired) electrons. The molecule has 2 aromatic heterocycles. The molecule has 1 aliphatic rings. The summed E-state index contributed by atoms with van der Waals surface area (Å²) >= 11 is 0. The molecule has 0 amide bonds. The predicted octanol–water partition coefficient (Wildman–Crippen LogP) is 3.51. The number of benzene rings is 2. The van der Waals surface area contributed by atoms with Crippen molar-refractivity contribution in [2.75, 3.05) is 25.1 Å². The minimum atomic E-state index is 0.212. The van der Waals surface area contributed by atoms with Crippen molar-refractivity contribution in [1.29, 1.82) is 5.26 Å². The third kappa shape index (κ3) is 3.99. The van der Waals surface area contributed by atoms with E-state index >= 15 is 0 Å². The molecule has 5 rings (SSSR count). The first kappa shape index (κ1) is 20.9. The Balaban J connectivity index is 1.69. The molecule has 1 aliphatic heterocycles. The van der Waals surface area contributed by atoms with Crippen LogP contribution in [0.15, 0.2) is 48.7 Å². The summed E-state index contributed by atoms with van der Waals surface area (Å²) in [4.78, 5) is 12.2. The number of fused-ring (bicyclic) bond motifs is 1. The van der Waals surface area contributed by atoms with E-state index in [1.165, 1.54) is 0 Å². The van der Waals surface area contributed by atoms with Gasteiger partial charge in [-0.1, -0.05) is 18.2 Å². The highest BCUT2D eigenvalue weighted by Crippen LogP contribution is 2.37. The van der Waals surface area contributed by atoms with Gasteiger partial charge in [0.2, 0.25) is 0 Å². The van der Waals surface area contributed by atoms with Crippen molar-refractivity contribution in [3.8, 4) is 34.5 Å². The van der Waals surface area contributed by atoms with E-state index in [1.54, 1.807) is 23.9 Å². The second-order valence-corrected chi connectivity index (χ2v) is 8.34. The molecule has 2 aromatic carbocycles. The lowest BCUT2D eigenvalue weighted by Gasteiger charge is -2.32. The predicted molar refractivity (Wildman–Crippen MR) is 128 cm³/mol. The molecular weight excluding hydrogens is 414 g/mol. The molecule has 0 bridgehead atoms. The second kappa shape index (κ2) is 8.52. The fourth-order valence-corrected chi connectivity index (χ4v) is 4.27. The van der Waals surface area contributed by atoms with Crippen LogP contribution in [0.1, 0.15) is 18.4 Å². The van der Waals surface area contributed by atoms with E-state index in [9.17, 15) is 5.26 Å². The van der Waals surface area contributed by atoms with Gasteiger partial charge in [-0.25, -0.2) is 9.97 Å². The van der Waals surface area contributed by atoms with E-state index in [0.29, 0.717) is 11.4 Å². The molecule has 0 spiro atoms. The van der Waals surface area contributed by atoms with E-state index in [2.05, 4.69) is 22.1 Å². The Morgan fingerprint density at radius 1 is 1.03 bits per heavy atom. The number of ether oxygens (including phenoxy) is 1. The number of piperidine rings is 1. The second-order valence-electron chi connectivity index (χ2n) is 8.34. The number of nitrogens with zero attached hydrogens (tertiary/aromatic N) is 6. The minimum absolute atomic E-state index is 0.212. The maximum absolute atomic E-state index is 9.22. The Hall–Kier alpha value is -3.96. The number of rotatable bonds is 4. The van der Waals surface area contributed by atoms with Crippen LogP contribution in [0.3, 0.4) is 0 Å². The smallest absolute Gasteiger partial charge is 0.258 e. The molecule has 8 nitrogen and oxygen atoms in total. The van der Waals surface area contributed by atoms with Gasteiger partial charge in [-0.3, -0.25) is 4.68 Å². The minimum Gasteiger partial charge on any atom is -0.478 e. The fourth-order valence-electron chi connectivity index (χ4n) is 4.27. The van der Waals surface area contributed by atoms with Crippen LogP contribution in [0.4, 0.5) is 5.82 Å². The zero-order valence-corrected chi connectivity index (χ0v) is 18.7. The van der Waals surface area contributed by atoms with Gasteiger partial charge in [-0.2, -0.15) is 10.4 Å². The molecular formula is C25H25N7O. The third-order valence-electron chi connectivity index (χ3n) is 6.06. The lowest BCUT2D eigenvalue weighted by Crippen LogP contribution is -2.40. The lowest BCUT2D eigenvalue weighted by atomic mass is 10.0. The van der Waals surface area contributed by atoms with Gasteiger partial charge in [-0.05, 0) is 37.1 Å². The molecule has 8 heteroatoms. The normalized spacial score (nSPS) is 14.4. The van der Waals surface area contributed by atoms with Crippen molar-refractivity contribution in [3.05, 3.63) is 54.2 Å². The van der Waals surface area contributed by atoms with Crippen molar-refractivity contribution in [2.24, 2.45) is 12.8 Å². The number of hydrogen-bond donors (Lipinski definition) is 1. The highest BCUT2D eigenvalue weighted by molar-refractivity contribution is 5.87. The summed E-state index contributed by atoms with van der Waals surface area (Å²) in [6, 6.07) is 15.9. The molecule has 4 aromatic rings. The van der Waals surface area contributed by atoms with Crippen LogP contribution >= 0.6 is 0 Å². The average Bonchev–Trinajstić information content (AvgIpc) is 3.23. The molecule has 166 valence electrons. The number of nitriles is 1. The van der Waals surface area contributed by atoms with Crippen molar-refractivity contribution in [1.82, 2.24) is 19.7 Å². The van der Waals surface area contributed by atoms with Crippen LogP contribution < -0.4 is 15.4 Å². The summed E-state index contributed by atoms with van der Waals surface area (Å²) in [5, 5.41) is 14.7. The average molecular weight is 440 g/mol. The van der Waals surface area contributed by atoms with E-state index < -0.39 is 0 Å². The summed E-state index contributed by atoms with van der Waals surface area (Å²) in [6.45, 7) is 1.61. The van der Waals surface area contributed by atoms with Crippen LogP contribution in [-0.2, 0) is 7.05 Å². The monoisotopic (exact) mass is 439 g/mol. The van der Waals surface area contributed by atoms with Gasteiger partial charge in [0.25, 0.3) is 5.88 Å². The highest BCUT2D eigenvalue weighted by atomic mass is 16.5. The van der Waals surface area contributed by atoms with Crippen LogP contribution in [0.25, 0.3) is 33.4 Å².